The molecular formula is C18H16BrNO4. The van der Waals surface area contributed by atoms with Crippen molar-refractivity contribution in [3.63, 3.8) is 0 Å². The van der Waals surface area contributed by atoms with Gasteiger partial charge in [-0.05, 0) is 35.9 Å². The van der Waals surface area contributed by atoms with Crippen LogP contribution in [0.4, 0.5) is 0 Å². The molecule has 0 bridgehead atoms. The Bertz CT molecular complexity index is 769. The Morgan fingerprint density at radius 3 is 2.33 bits per heavy atom. The van der Waals surface area contributed by atoms with Crippen LogP contribution in [0.25, 0.3) is 6.08 Å². The van der Waals surface area contributed by atoms with Crippen molar-refractivity contribution in [2.45, 2.75) is 0 Å². The molecule has 124 valence electrons. The highest BCUT2D eigenvalue weighted by Gasteiger charge is 2.17. The van der Waals surface area contributed by atoms with Gasteiger partial charge < -0.3 is 14.8 Å². The number of methoxy groups -OCH3 is 2. The lowest BCUT2D eigenvalue weighted by Gasteiger charge is -2.11. The summed E-state index contributed by atoms with van der Waals surface area (Å²) in [6.45, 7) is 0. The monoisotopic (exact) mass is 389 g/mol. The number of rotatable bonds is 5. The molecule has 0 fully saturated rings. The van der Waals surface area contributed by atoms with Crippen LogP contribution in [0.2, 0.25) is 0 Å². The van der Waals surface area contributed by atoms with Crippen LogP contribution in [-0.4, -0.2) is 26.1 Å². The van der Waals surface area contributed by atoms with Crippen LogP contribution in [0.3, 0.4) is 0 Å². The number of carbonyl (C=O) groups is 2. The maximum Gasteiger partial charge on any atom is 0.354 e. The fourth-order valence-electron chi connectivity index (χ4n) is 2.00. The number of esters is 1. The number of para-hydroxylation sites is 1. The summed E-state index contributed by atoms with van der Waals surface area (Å²) in [6, 6.07) is 14.0. The zero-order valence-electron chi connectivity index (χ0n) is 13.2. The summed E-state index contributed by atoms with van der Waals surface area (Å²) in [6.07, 6.45) is 1.55. The van der Waals surface area contributed by atoms with Gasteiger partial charge in [0.1, 0.15) is 11.4 Å². The number of amides is 1. The maximum atomic E-state index is 12.5. The van der Waals surface area contributed by atoms with E-state index in [-0.39, 0.29) is 5.70 Å². The average molecular weight is 390 g/mol. The van der Waals surface area contributed by atoms with E-state index < -0.39 is 11.9 Å². The van der Waals surface area contributed by atoms with Crippen molar-refractivity contribution in [1.29, 1.82) is 0 Å². The van der Waals surface area contributed by atoms with Crippen LogP contribution in [0, 0.1) is 0 Å². The molecule has 0 unspecified atom stereocenters. The number of halogens is 1. The van der Waals surface area contributed by atoms with Crippen molar-refractivity contribution in [3.05, 3.63) is 69.8 Å². The van der Waals surface area contributed by atoms with Crippen LogP contribution in [0.1, 0.15) is 15.9 Å². The topological polar surface area (TPSA) is 64.6 Å². The normalized spacial score (nSPS) is 10.9. The molecule has 0 saturated heterocycles. The van der Waals surface area contributed by atoms with E-state index in [2.05, 4.69) is 21.2 Å². The largest absolute Gasteiger partial charge is 0.496 e. The molecule has 2 aromatic carbocycles. The van der Waals surface area contributed by atoms with Gasteiger partial charge in [-0.15, -0.1) is 0 Å². The fourth-order valence-corrected chi connectivity index (χ4v) is 2.27. The minimum atomic E-state index is -0.638. The molecule has 6 heteroatoms. The molecule has 24 heavy (non-hydrogen) atoms. The third-order valence-corrected chi connectivity index (χ3v) is 3.71. The van der Waals surface area contributed by atoms with Gasteiger partial charge in [0, 0.05) is 4.47 Å². The summed E-state index contributed by atoms with van der Waals surface area (Å²) < 4.78 is 10.8. The highest BCUT2D eigenvalue weighted by atomic mass is 79.9. The third kappa shape index (κ3) is 4.45. The Balaban J connectivity index is 2.30. The molecule has 0 radical (unpaired) electrons. The molecule has 1 amide bonds. The number of benzene rings is 2. The summed E-state index contributed by atoms with van der Waals surface area (Å²) in [5.41, 5.74) is 1.11. The highest BCUT2D eigenvalue weighted by Crippen LogP contribution is 2.18. The van der Waals surface area contributed by atoms with E-state index in [4.69, 9.17) is 9.47 Å². The molecule has 2 aromatic rings. The van der Waals surface area contributed by atoms with E-state index in [9.17, 15) is 9.59 Å². The fraction of sp³-hybridized carbons (Fsp3) is 0.111. The first-order valence-electron chi connectivity index (χ1n) is 7.05. The number of nitrogens with one attached hydrogen (secondary N) is 1. The van der Waals surface area contributed by atoms with Crippen LogP contribution in [0.5, 0.6) is 5.75 Å². The lowest BCUT2D eigenvalue weighted by molar-refractivity contribution is -0.136. The molecule has 0 aliphatic carbocycles. The molecule has 1 N–H and O–H groups in total. The number of carbonyl (C=O) groups excluding carboxylic acids is 2. The van der Waals surface area contributed by atoms with Crippen LogP contribution in [0.15, 0.2) is 58.7 Å². The average Bonchev–Trinajstić information content (AvgIpc) is 2.62. The van der Waals surface area contributed by atoms with Crippen LogP contribution in [-0.2, 0) is 9.53 Å². The Morgan fingerprint density at radius 1 is 1.04 bits per heavy atom. The predicted molar refractivity (Wildman–Crippen MR) is 94.6 cm³/mol. The quantitative estimate of drug-likeness (QED) is 0.628. The molecule has 0 spiro atoms. The molecule has 2 rings (SSSR count). The van der Waals surface area contributed by atoms with Crippen molar-refractivity contribution in [1.82, 2.24) is 5.32 Å². The molecule has 0 aliphatic rings. The van der Waals surface area contributed by atoms with Crippen molar-refractivity contribution in [2.75, 3.05) is 14.2 Å². The van der Waals surface area contributed by atoms with Gasteiger partial charge in [0.2, 0.25) is 0 Å². The van der Waals surface area contributed by atoms with E-state index in [1.165, 1.54) is 14.2 Å². The summed E-state index contributed by atoms with van der Waals surface area (Å²) in [5.74, 6) is -0.676. The van der Waals surface area contributed by atoms with Crippen LogP contribution < -0.4 is 10.1 Å². The van der Waals surface area contributed by atoms with E-state index in [1.807, 2.05) is 24.3 Å². The van der Waals surface area contributed by atoms with E-state index >= 15 is 0 Å². The summed E-state index contributed by atoms with van der Waals surface area (Å²) in [4.78, 5) is 24.4. The highest BCUT2D eigenvalue weighted by molar-refractivity contribution is 9.10. The summed E-state index contributed by atoms with van der Waals surface area (Å²) >= 11 is 3.35. The minimum absolute atomic E-state index is 0.0377. The van der Waals surface area contributed by atoms with E-state index in [1.54, 1.807) is 30.3 Å². The van der Waals surface area contributed by atoms with Gasteiger partial charge in [-0.25, -0.2) is 4.79 Å². The first-order valence-corrected chi connectivity index (χ1v) is 7.84. The molecule has 0 saturated carbocycles. The van der Waals surface area contributed by atoms with E-state index in [0.717, 1.165) is 10.0 Å². The van der Waals surface area contributed by atoms with E-state index in [0.29, 0.717) is 11.3 Å². The zero-order chi connectivity index (χ0) is 17.5. The Labute approximate surface area is 148 Å². The van der Waals surface area contributed by atoms with Gasteiger partial charge in [-0.1, -0.05) is 40.2 Å². The molecule has 0 atom stereocenters. The van der Waals surface area contributed by atoms with Crippen molar-refractivity contribution in [3.8, 4) is 5.75 Å². The Morgan fingerprint density at radius 2 is 1.71 bits per heavy atom. The maximum absolute atomic E-state index is 12.5. The predicted octanol–water partition coefficient (Wildman–Crippen LogP) is 3.40. The number of ether oxygens (including phenoxy) is 2. The van der Waals surface area contributed by atoms with Gasteiger partial charge in [0.15, 0.2) is 0 Å². The van der Waals surface area contributed by atoms with Crippen LogP contribution >= 0.6 is 15.9 Å². The first-order chi connectivity index (χ1) is 11.5. The Kier molecular flexibility index (Phi) is 6.14. The summed E-state index contributed by atoms with van der Waals surface area (Å²) in [5, 5.41) is 2.58. The van der Waals surface area contributed by atoms with Crippen molar-refractivity contribution >= 4 is 33.9 Å². The summed E-state index contributed by atoms with van der Waals surface area (Å²) in [7, 11) is 2.73. The van der Waals surface area contributed by atoms with Gasteiger partial charge in [0.25, 0.3) is 5.91 Å². The first kappa shape index (κ1) is 17.7. The molecule has 5 nitrogen and oxygen atoms in total. The second-order valence-electron chi connectivity index (χ2n) is 4.76. The van der Waals surface area contributed by atoms with Gasteiger partial charge in [-0.2, -0.15) is 0 Å². The molecule has 0 aliphatic heterocycles. The smallest absolute Gasteiger partial charge is 0.354 e. The third-order valence-electron chi connectivity index (χ3n) is 3.19. The second-order valence-corrected chi connectivity index (χ2v) is 5.67. The molecule has 0 heterocycles. The van der Waals surface area contributed by atoms with Gasteiger partial charge in [-0.3, -0.25) is 4.79 Å². The second kappa shape index (κ2) is 8.31. The Hall–Kier alpha value is -2.60. The molecule has 0 aromatic heterocycles. The molecular weight excluding hydrogens is 374 g/mol. The number of hydrogen-bond acceptors (Lipinski definition) is 4. The zero-order valence-corrected chi connectivity index (χ0v) is 14.8. The minimum Gasteiger partial charge on any atom is -0.496 e. The lowest BCUT2D eigenvalue weighted by atomic mass is 10.1. The van der Waals surface area contributed by atoms with Gasteiger partial charge >= 0.3 is 5.97 Å². The van der Waals surface area contributed by atoms with Crippen molar-refractivity contribution in [2.24, 2.45) is 0 Å². The number of hydrogen-bond donors (Lipinski definition) is 1. The standard InChI is InChI=1S/C18H16BrNO4/c1-23-16-6-4-3-5-14(16)17(21)20-15(18(22)24-2)11-12-7-9-13(19)10-8-12/h3-11H,1-2H3,(H,20,21)/b15-11-. The SMILES string of the molecule is COC(=O)/C(=C/c1ccc(Br)cc1)NC(=O)c1ccccc1OC. The van der Waals surface area contributed by atoms with Gasteiger partial charge in [0.05, 0.1) is 19.8 Å². The van der Waals surface area contributed by atoms with Crippen molar-refractivity contribution < 1.29 is 19.1 Å². The lowest BCUT2D eigenvalue weighted by Crippen LogP contribution is -2.28.